The zero-order valence-electron chi connectivity index (χ0n) is 12.2. The number of methoxy groups -OCH3 is 1. The Labute approximate surface area is 146 Å². The number of rotatable bonds is 6. The third kappa shape index (κ3) is 4.71. The van der Waals surface area contributed by atoms with Crippen molar-refractivity contribution in [1.82, 2.24) is 0 Å². The highest BCUT2D eigenvalue weighted by atomic mass is 79.9. The van der Waals surface area contributed by atoms with E-state index in [4.69, 9.17) is 21.1 Å². The molecule has 0 saturated heterocycles. The summed E-state index contributed by atoms with van der Waals surface area (Å²) in [5.74, 6) is 0.972. The molecular weight excluding hydrogens is 386 g/mol. The molecule has 0 bridgehead atoms. The minimum atomic E-state index is -0.526. The van der Waals surface area contributed by atoms with Crippen LogP contribution in [0.15, 0.2) is 47.1 Å². The van der Waals surface area contributed by atoms with Gasteiger partial charge in [0.1, 0.15) is 6.61 Å². The van der Waals surface area contributed by atoms with E-state index in [-0.39, 0.29) is 6.61 Å². The first kappa shape index (κ1) is 17.3. The monoisotopic (exact) mass is 397 g/mol. The number of halogens is 2. The van der Waals surface area contributed by atoms with E-state index in [1.165, 1.54) is 13.2 Å². The maximum Gasteiger partial charge on any atom is 0.235 e. The maximum absolute atomic E-state index is 10.4. The average Bonchev–Trinajstić information content (AvgIpc) is 2.52. The van der Waals surface area contributed by atoms with Gasteiger partial charge in [0.05, 0.1) is 16.5 Å². The van der Waals surface area contributed by atoms with Gasteiger partial charge in [0.15, 0.2) is 11.5 Å². The van der Waals surface area contributed by atoms with Crippen LogP contribution in [0.25, 0.3) is 6.08 Å². The van der Waals surface area contributed by atoms with Gasteiger partial charge in [0, 0.05) is 16.7 Å². The zero-order valence-corrected chi connectivity index (χ0v) is 14.5. The summed E-state index contributed by atoms with van der Waals surface area (Å²) in [6.45, 7) is 0.277. The first-order valence-corrected chi connectivity index (χ1v) is 7.74. The Bertz CT molecular complexity index is 749. The molecule has 0 radical (unpaired) electrons. The van der Waals surface area contributed by atoms with E-state index in [2.05, 4.69) is 15.9 Å². The first-order valence-electron chi connectivity index (χ1n) is 6.56. The molecule has 0 unspecified atom stereocenters. The zero-order chi connectivity index (χ0) is 16.8. The molecule has 0 saturated carbocycles. The van der Waals surface area contributed by atoms with Gasteiger partial charge in [-0.15, -0.1) is 0 Å². The quantitative estimate of drug-likeness (QED) is 0.511. The predicted molar refractivity (Wildman–Crippen MR) is 92.5 cm³/mol. The van der Waals surface area contributed by atoms with E-state index in [1.807, 2.05) is 18.2 Å². The fraction of sp³-hybridized carbons (Fsp3) is 0.125. The van der Waals surface area contributed by atoms with E-state index in [9.17, 15) is 10.1 Å². The third-order valence-electron chi connectivity index (χ3n) is 2.97. The number of hydrogen-bond donors (Lipinski definition) is 0. The van der Waals surface area contributed by atoms with Crippen molar-refractivity contribution in [2.24, 2.45) is 0 Å². The summed E-state index contributed by atoms with van der Waals surface area (Å²) in [6.07, 6.45) is 2.25. The summed E-state index contributed by atoms with van der Waals surface area (Å²) in [7, 11) is 1.51. The van der Waals surface area contributed by atoms with Gasteiger partial charge in [-0.25, -0.2) is 0 Å². The van der Waals surface area contributed by atoms with E-state index >= 15 is 0 Å². The van der Waals surface area contributed by atoms with Crippen molar-refractivity contribution in [2.45, 2.75) is 6.61 Å². The van der Waals surface area contributed by atoms with Gasteiger partial charge in [-0.1, -0.05) is 29.8 Å². The lowest BCUT2D eigenvalue weighted by Gasteiger charge is -2.14. The summed E-state index contributed by atoms with van der Waals surface area (Å²) in [5.41, 5.74) is 1.47. The lowest BCUT2D eigenvalue weighted by Crippen LogP contribution is -1.99. The molecule has 5 nitrogen and oxygen atoms in total. The topological polar surface area (TPSA) is 61.6 Å². The van der Waals surface area contributed by atoms with Crippen LogP contribution in [0.2, 0.25) is 5.02 Å². The summed E-state index contributed by atoms with van der Waals surface area (Å²) in [4.78, 5) is 9.88. The smallest absolute Gasteiger partial charge is 0.235 e. The molecule has 23 heavy (non-hydrogen) atoms. The van der Waals surface area contributed by atoms with Crippen LogP contribution in [0.4, 0.5) is 0 Å². The number of benzene rings is 2. The van der Waals surface area contributed by atoms with Crippen molar-refractivity contribution in [3.8, 4) is 11.5 Å². The maximum atomic E-state index is 10.4. The van der Waals surface area contributed by atoms with Crippen LogP contribution in [0.3, 0.4) is 0 Å². The molecule has 0 aromatic heterocycles. The molecule has 2 rings (SSSR count). The summed E-state index contributed by atoms with van der Waals surface area (Å²) >= 11 is 9.50. The van der Waals surface area contributed by atoms with Gasteiger partial charge in [-0.05, 0) is 39.7 Å². The van der Waals surface area contributed by atoms with Gasteiger partial charge in [-0.2, -0.15) is 0 Å². The van der Waals surface area contributed by atoms with E-state index in [0.717, 1.165) is 11.8 Å². The molecule has 2 aromatic rings. The molecular formula is C16H13BrClNO4. The molecule has 0 N–H and O–H groups in total. The van der Waals surface area contributed by atoms with Gasteiger partial charge < -0.3 is 9.47 Å². The molecule has 0 heterocycles. The standard InChI is InChI=1S/C16H13BrClNO4/c1-22-15-9-11(6-7-19(20)21)8-13(17)16(15)23-10-12-4-2-3-5-14(12)18/h2-9H,10H2,1H3/b7-6-. The fourth-order valence-electron chi connectivity index (χ4n) is 1.89. The second kappa shape index (κ2) is 7.99. The largest absolute Gasteiger partial charge is 0.493 e. The number of nitro groups is 1. The summed E-state index contributed by atoms with van der Waals surface area (Å²) < 4.78 is 11.7. The van der Waals surface area contributed by atoms with Gasteiger partial charge in [0.25, 0.3) is 0 Å². The van der Waals surface area contributed by atoms with Crippen LogP contribution in [0.5, 0.6) is 11.5 Å². The van der Waals surface area contributed by atoms with Crippen LogP contribution in [0.1, 0.15) is 11.1 Å². The lowest BCUT2D eigenvalue weighted by molar-refractivity contribution is -0.400. The lowest BCUT2D eigenvalue weighted by atomic mass is 10.2. The van der Waals surface area contributed by atoms with Crippen LogP contribution in [-0.4, -0.2) is 12.0 Å². The van der Waals surface area contributed by atoms with E-state index in [0.29, 0.717) is 26.6 Å². The normalized spacial score (nSPS) is 10.7. The van der Waals surface area contributed by atoms with Crippen LogP contribution < -0.4 is 9.47 Å². The van der Waals surface area contributed by atoms with Crippen molar-refractivity contribution in [3.05, 3.63) is 73.3 Å². The van der Waals surface area contributed by atoms with Crippen molar-refractivity contribution in [3.63, 3.8) is 0 Å². The Balaban J connectivity index is 2.24. The average molecular weight is 399 g/mol. The van der Waals surface area contributed by atoms with Gasteiger partial charge in [0.2, 0.25) is 6.20 Å². The molecule has 0 aliphatic carbocycles. The Morgan fingerprint density at radius 2 is 2.09 bits per heavy atom. The summed E-state index contributed by atoms with van der Waals surface area (Å²) in [5, 5.41) is 11.0. The second-order valence-corrected chi connectivity index (χ2v) is 5.78. The molecule has 0 amide bonds. The number of hydrogen-bond acceptors (Lipinski definition) is 4. The highest BCUT2D eigenvalue weighted by Crippen LogP contribution is 2.37. The predicted octanol–water partition coefficient (Wildman–Crippen LogP) is 4.94. The van der Waals surface area contributed by atoms with Crippen molar-refractivity contribution < 1.29 is 14.4 Å². The van der Waals surface area contributed by atoms with Gasteiger partial charge in [-0.3, -0.25) is 10.1 Å². The first-order chi connectivity index (χ1) is 11.0. The molecule has 0 atom stereocenters. The molecule has 2 aromatic carbocycles. The molecule has 0 aliphatic rings. The molecule has 0 spiro atoms. The van der Waals surface area contributed by atoms with E-state index < -0.39 is 4.92 Å². The van der Waals surface area contributed by atoms with Crippen LogP contribution in [-0.2, 0) is 6.61 Å². The van der Waals surface area contributed by atoms with Crippen LogP contribution in [0, 0.1) is 10.1 Å². The highest BCUT2D eigenvalue weighted by Gasteiger charge is 2.12. The Kier molecular flexibility index (Phi) is 6.01. The molecule has 0 aliphatic heterocycles. The summed E-state index contributed by atoms with van der Waals surface area (Å²) in [6, 6.07) is 10.8. The highest BCUT2D eigenvalue weighted by molar-refractivity contribution is 9.10. The fourth-order valence-corrected chi connectivity index (χ4v) is 2.65. The Morgan fingerprint density at radius 3 is 2.74 bits per heavy atom. The minimum absolute atomic E-state index is 0.277. The second-order valence-electron chi connectivity index (χ2n) is 4.52. The molecule has 0 fully saturated rings. The van der Waals surface area contributed by atoms with Crippen molar-refractivity contribution >= 4 is 33.6 Å². The molecule has 120 valence electrons. The SMILES string of the molecule is COc1cc(/C=C\[N+](=O)[O-])cc(Br)c1OCc1ccccc1Cl. The Morgan fingerprint density at radius 1 is 1.35 bits per heavy atom. The minimum Gasteiger partial charge on any atom is -0.493 e. The third-order valence-corrected chi connectivity index (χ3v) is 3.93. The molecule has 7 heteroatoms. The number of nitrogens with zero attached hydrogens (tertiary/aromatic N) is 1. The Hall–Kier alpha value is -2.05. The van der Waals surface area contributed by atoms with Gasteiger partial charge >= 0.3 is 0 Å². The van der Waals surface area contributed by atoms with E-state index in [1.54, 1.807) is 18.2 Å². The van der Waals surface area contributed by atoms with Crippen molar-refractivity contribution in [1.29, 1.82) is 0 Å². The number of ether oxygens (including phenoxy) is 2. The van der Waals surface area contributed by atoms with Crippen molar-refractivity contribution in [2.75, 3.05) is 7.11 Å². The van der Waals surface area contributed by atoms with Crippen LogP contribution >= 0.6 is 27.5 Å².